The molecule has 0 aliphatic rings. The molecule has 0 atom stereocenters. The Hall–Kier alpha value is -1.97. The van der Waals surface area contributed by atoms with Gasteiger partial charge in [-0.15, -0.1) is 0 Å². The number of rotatable bonds is 4. The second-order valence-electron chi connectivity index (χ2n) is 5.49. The third-order valence-electron chi connectivity index (χ3n) is 3.73. The Morgan fingerprint density at radius 1 is 0.958 bits per heavy atom. The van der Waals surface area contributed by atoms with E-state index in [1.807, 2.05) is 25.1 Å². The van der Waals surface area contributed by atoms with Crippen LogP contribution in [-0.2, 0) is 4.74 Å². The van der Waals surface area contributed by atoms with Gasteiger partial charge in [-0.05, 0) is 47.5 Å². The summed E-state index contributed by atoms with van der Waals surface area (Å²) in [6.45, 7) is 2.36. The van der Waals surface area contributed by atoms with Crippen molar-refractivity contribution in [3.05, 3.63) is 52.5 Å². The fourth-order valence-corrected chi connectivity index (χ4v) is 2.88. The molecule has 124 valence electrons. The largest absolute Gasteiger partial charge is 0.513 e. The van der Waals surface area contributed by atoms with E-state index in [0.29, 0.717) is 22.4 Å². The van der Waals surface area contributed by atoms with Crippen LogP contribution in [0.15, 0.2) is 42.5 Å². The molecule has 3 rings (SSSR count). The van der Waals surface area contributed by atoms with Crippen LogP contribution in [0.2, 0.25) is 10.0 Å². The number of hydrogen-bond donors (Lipinski definition) is 0. The SMILES string of the molecule is CCCCOC(=O)Oc1c2cc(Cl)ccc2cc2ccc(Cl)cc12. The summed E-state index contributed by atoms with van der Waals surface area (Å²) in [6, 6.07) is 12.9. The van der Waals surface area contributed by atoms with Gasteiger partial charge in [0.2, 0.25) is 0 Å². The van der Waals surface area contributed by atoms with Crippen LogP contribution in [-0.4, -0.2) is 12.8 Å². The maximum absolute atomic E-state index is 12.0. The van der Waals surface area contributed by atoms with Gasteiger partial charge in [0.15, 0.2) is 0 Å². The lowest BCUT2D eigenvalue weighted by Crippen LogP contribution is -2.12. The van der Waals surface area contributed by atoms with Crippen LogP contribution >= 0.6 is 23.2 Å². The number of hydrogen-bond acceptors (Lipinski definition) is 3. The van der Waals surface area contributed by atoms with Crippen molar-refractivity contribution < 1.29 is 14.3 Å². The monoisotopic (exact) mass is 362 g/mol. The van der Waals surface area contributed by atoms with Gasteiger partial charge in [-0.1, -0.05) is 48.7 Å². The molecule has 0 saturated heterocycles. The van der Waals surface area contributed by atoms with Gasteiger partial charge in [-0.2, -0.15) is 0 Å². The van der Waals surface area contributed by atoms with Gasteiger partial charge in [0, 0.05) is 20.8 Å². The van der Waals surface area contributed by atoms with Crippen LogP contribution in [0, 0.1) is 0 Å². The first-order valence-electron chi connectivity index (χ1n) is 7.74. The molecule has 0 saturated carbocycles. The Kier molecular flexibility index (Phi) is 5.12. The standard InChI is InChI=1S/C19H16Cl2O3/c1-2-3-8-23-19(22)24-18-16-10-14(20)6-4-12(16)9-13-5-7-15(21)11-17(13)18/h4-7,9-11H,2-3,8H2,1H3. The summed E-state index contributed by atoms with van der Waals surface area (Å²) in [7, 11) is 0. The number of carbonyl (C=O) groups is 1. The van der Waals surface area contributed by atoms with Gasteiger partial charge in [-0.3, -0.25) is 0 Å². The number of ether oxygens (including phenoxy) is 2. The molecule has 0 N–H and O–H groups in total. The zero-order valence-corrected chi connectivity index (χ0v) is 14.7. The second kappa shape index (κ2) is 7.29. The van der Waals surface area contributed by atoms with E-state index >= 15 is 0 Å². The molecule has 0 heterocycles. The van der Waals surface area contributed by atoms with Crippen molar-refractivity contribution in [2.75, 3.05) is 6.61 Å². The molecule has 0 unspecified atom stereocenters. The van der Waals surface area contributed by atoms with Crippen LogP contribution in [0.3, 0.4) is 0 Å². The van der Waals surface area contributed by atoms with Crippen molar-refractivity contribution in [1.29, 1.82) is 0 Å². The second-order valence-corrected chi connectivity index (χ2v) is 6.36. The van der Waals surface area contributed by atoms with Crippen LogP contribution in [0.4, 0.5) is 4.79 Å². The van der Waals surface area contributed by atoms with Gasteiger partial charge in [0.25, 0.3) is 0 Å². The van der Waals surface area contributed by atoms with Crippen LogP contribution in [0.25, 0.3) is 21.5 Å². The Morgan fingerprint density at radius 2 is 1.54 bits per heavy atom. The highest BCUT2D eigenvalue weighted by Crippen LogP contribution is 2.37. The van der Waals surface area contributed by atoms with Crippen molar-refractivity contribution in [2.24, 2.45) is 0 Å². The maximum Gasteiger partial charge on any atom is 0.513 e. The third-order valence-corrected chi connectivity index (χ3v) is 4.20. The van der Waals surface area contributed by atoms with Crippen molar-refractivity contribution in [3.8, 4) is 5.75 Å². The predicted octanol–water partition coefficient (Wildman–Crippen LogP) is 6.62. The molecule has 0 aliphatic carbocycles. The van der Waals surface area contributed by atoms with E-state index in [2.05, 4.69) is 0 Å². The molecule has 3 aromatic carbocycles. The highest BCUT2D eigenvalue weighted by atomic mass is 35.5. The molecule has 0 aromatic heterocycles. The Labute approximate surface area is 150 Å². The van der Waals surface area contributed by atoms with Crippen LogP contribution in [0.5, 0.6) is 5.75 Å². The lowest BCUT2D eigenvalue weighted by molar-refractivity contribution is 0.0988. The fourth-order valence-electron chi connectivity index (χ4n) is 2.54. The quantitative estimate of drug-likeness (QED) is 0.226. The molecular formula is C19H16Cl2O3. The van der Waals surface area contributed by atoms with Crippen LogP contribution in [0.1, 0.15) is 19.8 Å². The Morgan fingerprint density at radius 3 is 2.08 bits per heavy atom. The van der Waals surface area contributed by atoms with E-state index in [4.69, 9.17) is 32.7 Å². The first-order valence-corrected chi connectivity index (χ1v) is 8.50. The smallest absolute Gasteiger partial charge is 0.434 e. The van der Waals surface area contributed by atoms with Gasteiger partial charge in [0.1, 0.15) is 5.75 Å². The van der Waals surface area contributed by atoms with Gasteiger partial charge in [-0.25, -0.2) is 4.79 Å². The highest BCUT2D eigenvalue weighted by molar-refractivity contribution is 6.32. The van der Waals surface area contributed by atoms with E-state index in [1.54, 1.807) is 24.3 Å². The molecule has 24 heavy (non-hydrogen) atoms. The van der Waals surface area contributed by atoms with Crippen molar-refractivity contribution in [1.82, 2.24) is 0 Å². The molecule has 0 bridgehead atoms. The minimum Gasteiger partial charge on any atom is -0.434 e. The summed E-state index contributed by atoms with van der Waals surface area (Å²) >= 11 is 12.2. The number of halogens is 2. The molecule has 0 amide bonds. The first-order chi connectivity index (χ1) is 11.6. The van der Waals surface area contributed by atoms with E-state index in [1.165, 1.54) is 0 Å². The van der Waals surface area contributed by atoms with E-state index in [9.17, 15) is 4.79 Å². The normalized spacial score (nSPS) is 11.0. The molecule has 0 radical (unpaired) electrons. The maximum atomic E-state index is 12.0. The highest BCUT2D eigenvalue weighted by Gasteiger charge is 2.15. The lowest BCUT2D eigenvalue weighted by atomic mass is 10.0. The van der Waals surface area contributed by atoms with Gasteiger partial charge in [0.05, 0.1) is 6.61 Å². The zero-order chi connectivity index (χ0) is 17.1. The van der Waals surface area contributed by atoms with Gasteiger partial charge < -0.3 is 9.47 Å². The molecule has 0 spiro atoms. The molecule has 5 heteroatoms. The van der Waals surface area contributed by atoms with Gasteiger partial charge >= 0.3 is 6.16 Å². The number of unbranched alkanes of at least 4 members (excludes halogenated alkanes) is 1. The van der Waals surface area contributed by atoms with Crippen LogP contribution < -0.4 is 4.74 Å². The minimum atomic E-state index is -0.725. The van der Waals surface area contributed by atoms with E-state index in [0.717, 1.165) is 34.4 Å². The Bertz CT molecular complexity index is 846. The summed E-state index contributed by atoms with van der Waals surface area (Å²) in [4.78, 5) is 12.0. The lowest BCUT2D eigenvalue weighted by Gasteiger charge is -2.12. The molecule has 0 fully saturated rings. The molecule has 3 nitrogen and oxygen atoms in total. The Balaban J connectivity index is 2.11. The number of benzene rings is 3. The summed E-state index contributed by atoms with van der Waals surface area (Å²) in [5.41, 5.74) is 0. The number of carbonyl (C=O) groups excluding carboxylic acids is 1. The average molecular weight is 363 g/mol. The third kappa shape index (κ3) is 3.58. The number of fused-ring (bicyclic) bond motifs is 2. The topological polar surface area (TPSA) is 35.5 Å². The van der Waals surface area contributed by atoms with Crippen molar-refractivity contribution >= 4 is 50.9 Å². The summed E-state index contributed by atoms with van der Waals surface area (Å²) in [6.07, 6.45) is 1.01. The summed E-state index contributed by atoms with van der Waals surface area (Å²) < 4.78 is 10.6. The predicted molar refractivity (Wildman–Crippen MR) is 98.4 cm³/mol. The van der Waals surface area contributed by atoms with Crippen molar-refractivity contribution in [2.45, 2.75) is 19.8 Å². The first kappa shape index (κ1) is 16.9. The summed E-state index contributed by atoms with van der Waals surface area (Å²) in [5.74, 6) is 0.411. The fraction of sp³-hybridized carbons (Fsp3) is 0.211. The van der Waals surface area contributed by atoms with E-state index < -0.39 is 6.16 Å². The van der Waals surface area contributed by atoms with Crippen molar-refractivity contribution in [3.63, 3.8) is 0 Å². The van der Waals surface area contributed by atoms with E-state index in [-0.39, 0.29) is 0 Å². The average Bonchev–Trinajstić information content (AvgIpc) is 2.56. The zero-order valence-electron chi connectivity index (χ0n) is 13.1. The molecule has 0 aliphatic heterocycles. The molecular weight excluding hydrogens is 347 g/mol. The summed E-state index contributed by atoms with van der Waals surface area (Å²) in [5, 5.41) is 4.45. The minimum absolute atomic E-state index is 0.333. The molecule has 3 aromatic rings.